The van der Waals surface area contributed by atoms with Crippen LogP contribution in [-0.4, -0.2) is 73.0 Å². The molecule has 34 heavy (non-hydrogen) atoms. The van der Waals surface area contributed by atoms with Gasteiger partial charge in [-0.05, 0) is 74.5 Å². The number of nitrogens with zero attached hydrogens (tertiary/aromatic N) is 2. The second kappa shape index (κ2) is 11.0. The van der Waals surface area contributed by atoms with Gasteiger partial charge in [-0.15, -0.1) is 0 Å². The SMILES string of the molecule is OC[C@@H]1[C@@H](c2ccc(C#Cc3ccccc3F)cc2)[C@@H]2CN(CC3CCOCC3)CCCCN12. The topological polar surface area (TPSA) is 35.9 Å². The number of rotatable bonds is 4. The lowest BCUT2D eigenvalue weighted by molar-refractivity contribution is -0.0677. The average Bonchev–Trinajstić information content (AvgIpc) is 2.85. The maximum Gasteiger partial charge on any atom is 0.138 e. The first-order valence-electron chi connectivity index (χ1n) is 12.8. The molecule has 3 atom stereocenters. The summed E-state index contributed by atoms with van der Waals surface area (Å²) in [6.07, 6.45) is 4.76. The monoisotopic (exact) mass is 462 g/mol. The number of aliphatic hydroxyl groups is 1. The van der Waals surface area contributed by atoms with Gasteiger partial charge in [-0.2, -0.15) is 0 Å². The van der Waals surface area contributed by atoms with E-state index in [1.807, 2.05) is 12.1 Å². The fourth-order valence-electron chi connectivity index (χ4n) is 5.96. The van der Waals surface area contributed by atoms with E-state index in [9.17, 15) is 9.50 Å². The summed E-state index contributed by atoms with van der Waals surface area (Å²) in [6.45, 7) is 6.45. The van der Waals surface area contributed by atoms with Gasteiger partial charge in [-0.1, -0.05) is 36.1 Å². The first kappa shape index (κ1) is 23.5. The van der Waals surface area contributed by atoms with Crippen LogP contribution >= 0.6 is 0 Å². The van der Waals surface area contributed by atoms with Crippen molar-refractivity contribution in [3.8, 4) is 11.8 Å². The van der Waals surface area contributed by atoms with Crippen molar-refractivity contribution in [2.45, 2.75) is 43.7 Å². The molecule has 3 heterocycles. The third-order valence-corrected chi connectivity index (χ3v) is 7.82. The summed E-state index contributed by atoms with van der Waals surface area (Å²) in [5, 5.41) is 10.2. The Hall–Kier alpha value is -2.23. The van der Waals surface area contributed by atoms with Gasteiger partial charge in [-0.25, -0.2) is 4.39 Å². The van der Waals surface area contributed by atoms with Crippen molar-refractivity contribution in [2.75, 3.05) is 46.0 Å². The molecule has 2 aromatic rings. The maximum absolute atomic E-state index is 13.9. The lowest BCUT2D eigenvalue weighted by Gasteiger charge is -2.57. The Bertz CT molecular complexity index is 1010. The van der Waals surface area contributed by atoms with E-state index in [2.05, 4.69) is 33.8 Å². The number of hydrogen-bond acceptors (Lipinski definition) is 4. The van der Waals surface area contributed by atoms with Gasteiger partial charge >= 0.3 is 0 Å². The van der Waals surface area contributed by atoms with E-state index in [-0.39, 0.29) is 18.5 Å². The molecular weight excluding hydrogens is 427 g/mol. The van der Waals surface area contributed by atoms with Crippen molar-refractivity contribution in [3.63, 3.8) is 0 Å². The largest absolute Gasteiger partial charge is 0.395 e. The van der Waals surface area contributed by atoms with Crippen molar-refractivity contribution in [1.82, 2.24) is 9.80 Å². The number of fused-ring (bicyclic) bond motifs is 1. The molecule has 0 radical (unpaired) electrons. The van der Waals surface area contributed by atoms with E-state index in [4.69, 9.17) is 4.74 Å². The third-order valence-electron chi connectivity index (χ3n) is 7.82. The highest BCUT2D eigenvalue weighted by atomic mass is 19.1. The van der Waals surface area contributed by atoms with Gasteiger partial charge in [0.2, 0.25) is 0 Å². The van der Waals surface area contributed by atoms with Crippen LogP contribution in [0.5, 0.6) is 0 Å². The Morgan fingerprint density at radius 3 is 2.50 bits per heavy atom. The second-order valence-electron chi connectivity index (χ2n) is 9.96. The standard InChI is InChI=1S/C29H35FN2O2/c30-26-6-2-1-5-24(26)10-7-22-8-11-25(12-9-22)29-27-20-31(19-23-13-17-34-18-14-23)15-3-4-16-32(27)28(29)21-33/h1-2,5-6,8-9,11-12,23,27-29,33H,3-4,13-21H2/t27-,28+,29-/m0/s1. The average molecular weight is 463 g/mol. The zero-order chi connectivity index (χ0) is 23.3. The van der Waals surface area contributed by atoms with Crippen LogP contribution in [0, 0.1) is 23.6 Å². The van der Waals surface area contributed by atoms with Crippen LogP contribution in [-0.2, 0) is 4.74 Å². The number of halogens is 1. The zero-order valence-electron chi connectivity index (χ0n) is 19.8. The van der Waals surface area contributed by atoms with Gasteiger partial charge in [0, 0.05) is 49.9 Å². The molecule has 0 unspecified atom stereocenters. The molecule has 180 valence electrons. The first-order valence-corrected chi connectivity index (χ1v) is 12.8. The molecule has 5 heteroatoms. The number of benzene rings is 2. The molecule has 1 N–H and O–H groups in total. The van der Waals surface area contributed by atoms with Gasteiger partial charge in [-0.3, -0.25) is 4.90 Å². The van der Waals surface area contributed by atoms with Gasteiger partial charge in [0.1, 0.15) is 5.82 Å². The summed E-state index contributed by atoms with van der Waals surface area (Å²) in [4.78, 5) is 5.20. The Morgan fingerprint density at radius 1 is 0.971 bits per heavy atom. The Morgan fingerprint density at radius 2 is 1.74 bits per heavy atom. The molecule has 2 aromatic carbocycles. The minimum Gasteiger partial charge on any atom is -0.395 e. The van der Waals surface area contributed by atoms with Crippen LogP contribution in [0.15, 0.2) is 48.5 Å². The molecule has 3 aliphatic rings. The molecule has 0 saturated carbocycles. The van der Waals surface area contributed by atoms with Crippen LogP contribution in [0.3, 0.4) is 0 Å². The molecule has 4 nitrogen and oxygen atoms in total. The van der Waals surface area contributed by atoms with Crippen LogP contribution in [0.4, 0.5) is 4.39 Å². The van der Waals surface area contributed by atoms with Crippen molar-refractivity contribution in [2.24, 2.45) is 5.92 Å². The summed E-state index contributed by atoms with van der Waals surface area (Å²) in [5.74, 6) is 6.80. The van der Waals surface area contributed by atoms with Crippen LogP contribution < -0.4 is 0 Å². The first-order chi connectivity index (χ1) is 16.7. The van der Waals surface area contributed by atoms with Crippen molar-refractivity contribution in [3.05, 3.63) is 71.0 Å². The van der Waals surface area contributed by atoms with E-state index < -0.39 is 0 Å². The maximum atomic E-state index is 13.9. The molecule has 0 aromatic heterocycles. The number of hydrogen-bond donors (Lipinski definition) is 1. The molecule has 0 amide bonds. The Kier molecular flexibility index (Phi) is 7.61. The second-order valence-corrected chi connectivity index (χ2v) is 9.96. The summed E-state index contributed by atoms with van der Waals surface area (Å²) in [7, 11) is 0. The van der Waals surface area contributed by atoms with Gasteiger partial charge < -0.3 is 14.7 Å². The highest BCUT2D eigenvalue weighted by Crippen LogP contribution is 2.42. The van der Waals surface area contributed by atoms with Crippen molar-refractivity contribution in [1.29, 1.82) is 0 Å². The minimum atomic E-state index is -0.290. The summed E-state index contributed by atoms with van der Waals surface area (Å²) in [5.41, 5.74) is 2.56. The highest BCUT2D eigenvalue weighted by Gasteiger charge is 2.49. The Balaban J connectivity index is 1.30. The number of aliphatic hydroxyl groups excluding tert-OH is 1. The predicted molar refractivity (Wildman–Crippen MR) is 132 cm³/mol. The van der Waals surface area contributed by atoms with E-state index in [0.29, 0.717) is 17.5 Å². The quantitative estimate of drug-likeness (QED) is 0.700. The molecule has 3 aliphatic heterocycles. The molecule has 0 aliphatic carbocycles. The Labute approximate surface area is 202 Å². The summed E-state index contributed by atoms with van der Waals surface area (Å²) in [6, 6.07) is 15.6. The molecule has 0 spiro atoms. The van der Waals surface area contributed by atoms with Crippen molar-refractivity contribution >= 4 is 0 Å². The van der Waals surface area contributed by atoms with Crippen LogP contribution in [0.25, 0.3) is 0 Å². The van der Waals surface area contributed by atoms with E-state index >= 15 is 0 Å². The molecule has 3 saturated heterocycles. The summed E-state index contributed by atoms with van der Waals surface area (Å²) < 4.78 is 19.4. The van der Waals surface area contributed by atoms with Crippen molar-refractivity contribution < 1.29 is 14.2 Å². The lowest BCUT2D eigenvalue weighted by Crippen LogP contribution is -2.67. The number of ether oxygens (including phenoxy) is 1. The fraction of sp³-hybridized carbons (Fsp3) is 0.517. The van der Waals surface area contributed by atoms with E-state index in [1.165, 1.54) is 43.9 Å². The fourth-order valence-corrected chi connectivity index (χ4v) is 5.96. The van der Waals surface area contributed by atoms with Crippen LogP contribution in [0.2, 0.25) is 0 Å². The van der Waals surface area contributed by atoms with E-state index in [1.54, 1.807) is 18.2 Å². The van der Waals surface area contributed by atoms with Gasteiger partial charge in [0.25, 0.3) is 0 Å². The smallest absolute Gasteiger partial charge is 0.138 e. The van der Waals surface area contributed by atoms with E-state index in [0.717, 1.165) is 44.3 Å². The molecular formula is C29H35FN2O2. The lowest BCUT2D eigenvalue weighted by atomic mass is 9.74. The molecule has 0 bridgehead atoms. The predicted octanol–water partition coefficient (Wildman–Crippen LogP) is 3.88. The zero-order valence-corrected chi connectivity index (χ0v) is 19.8. The normalized spacial score (nSPS) is 26.5. The van der Waals surface area contributed by atoms with Gasteiger partial charge in [0.15, 0.2) is 0 Å². The summed E-state index contributed by atoms with van der Waals surface area (Å²) >= 11 is 0. The third kappa shape index (κ3) is 5.21. The van der Waals surface area contributed by atoms with Crippen LogP contribution in [0.1, 0.15) is 48.3 Å². The molecule has 3 fully saturated rings. The minimum absolute atomic E-state index is 0.184. The van der Waals surface area contributed by atoms with Gasteiger partial charge in [0.05, 0.1) is 12.2 Å². The molecule has 5 rings (SSSR count). The highest BCUT2D eigenvalue weighted by molar-refractivity contribution is 5.44.